The molecule has 0 bridgehead atoms. The molecule has 146 valence electrons. The Labute approximate surface area is 163 Å². The fourth-order valence-electron chi connectivity index (χ4n) is 2.93. The van der Waals surface area contributed by atoms with E-state index in [9.17, 15) is 14.4 Å². The Morgan fingerprint density at radius 3 is 2.68 bits per heavy atom. The van der Waals surface area contributed by atoms with Crippen LogP contribution < -0.4 is 10.2 Å². The van der Waals surface area contributed by atoms with Gasteiger partial charge in [0.2, 0.25) is 11.8 Å². The number of methoxy groups -OCH3 is 1. The molecule has 1 aliphatic heterocycles. The molecule has 0 atom stereocenters. The molecule has 7 nitrogen and oxygen atoms in total. The van der Waals surface area contributed by atoms with E-state index < -0.39 is 0 Å². The second kappa shape index (κ2) is 9.03. The Hall–Kier alpha value is -3.35. The summed E-state index contributed by atoms with van der Waals surface area (Å²) in [7, 11) is 1.34. The molecule has 0 aliphatic carbocycles. The van der Waals surface area contributed by atoms with E-state index in [0.29, 0.717) is 30.0 Å². The summed E-state index contributed by atoms with van der Waals surface area (Å²) in [6.45, 7) is 0.734. The molecule has 1 aromatic heterocycles. The second-order valence-corrected chi connectivity index (χ2v) is 6.40. The summed E-state index contributed by atoms with van der Waals surface area (Å²) in [4.78, 5) is 36.7. The lowest BCUT2D eigenvalue weighted by Crippen LogP contribution is -2.23. The van der Waals surface area contributed by atoms with Gasteiger partial charge >= 0.3 is 5.97 Å². The predicted octanol–water partition coefficient (Wildman–Crippen LogP) is 3.16. The quantitative estimate of drug-likeness (QED) is 0.587. The minimum atomic E-state index is -0.298. The van der Waals surface area contributed by atoms with Crippen LogP contribution in [-0.2, 0) is 25.5 Å². The summed E-state index contributed by atoms with van der Waals surface area (Å²) < 4.78 is 10.1. The summed E-state index contributed by atoms with van der Waals surface area (Å²) in [5.74, 6) is 0.713. The number of benzene rings is 1. The molecule has 2 heterocycles. The van der Waals surface area contributed by atoms with Crippen molar-refractivity contribution in [2.45, 2.75) is 25.7 Å². The molecule has 1 saturated heterocycles. The van der Waals surface area contributed by atoms with Gasteiger partial charge in [0.25, 0.3) is 0 Å². The van der Waals surface area contributed by atoms with Gasteiger partial charge in [-0.3, -0.25) is 14.4 Å². The Morgan fingerprint density at radius 1 is 1.21 bits per heavy atom. The topological polar surface area (TPSA) is 88.9 Å². The van der Waals surface area contributed by atoms with E-state index in [2.05, 4.69) is 10.1 Å². The van der Waals surface area contributed by atoms with Gasteiger partial charge in [0.1, 0.15) is 11.5 Å². The first-order valence-corrected chi connectivity index (χ1v) is 9.10. The number of nitrogens with zero attached hydrogens (tertiary/aromatic N) is 1. The van der Waals surface area contributed by atoms with Gasteiger partial charge in [-0.2, -0.15) is 0 Å². The number of rotatable bonds is 7. The minimum Gasteiger partial charge on any atom is -0.469 e. The van der Waals surface area contributed by atoms with Crippen molar-refractivity contribution in [1.82, 2.24) is 0 Å². The lowest BCUT2D eigenvalue weighted by Gasteiger charge is -2.15. The maximum absolute atomic E-state index is 12.1. The molecule has 1 N–H and O–H groups in total. The third kappa shape index (κ3) is 5.09. The van der Waals surface area contributed by atoms with Crippen molar-refractivity contribution in [3.63, 3.8) is 0 Å². The highest BCUT2D eigenvalue weighted by Gasteiger charge is 2.21. The number of hydrogen-bond donors (Lipinski definition) is 1. The lowest BCUT2D eigenvalue weighted by molar-refractivity contribution is -0.140. The van der Waals surface area contributed by atoms with E-state index in [1.54, 1.807) is 35.2 Å². The van der Waals surface area contributed by atoms with Gasteiger partial charge in [0, 0.05) is 36.8 Å². The summed E-state index contributed by atoms with van der Waals surface area (Å²) >= 11 is 0. The normalized spacial score (nSPS) is 13.9. The Bertz CT molecular complexity index is 882. The van der Waals surface area contributed by atoms with Crippen LogP contribution in [0.25, 0.3) is 6.08 Å². The van der Waals surface area contributed by atoms with Crippen LogP contribution in [0.15, 0.2) is 46.9 Å². The molecule has 7 heteroatoms. The molecular weight excluding hydrogens is 360 g/mol. The molecular formula is C21H22N2O5. The molecule has 0 spiro atoms. The molecule has 3 rings (SSSR count). The van der Waals surface area contributed by atoms with Gasteiger partial charge in [-0.05, 0) is 48.9 Å². The van der Waals surface area contributed by atoms with Crippen molar-refractivity contribution >= 4 is 35.2 Å². The lowest BCUT2D eigenvalue weighted by atomic mass is 10.2. The number of ether oxygens (including phenoxy) is 1. The van der Waals surface area contributed by atoms with Crippen molar-refractivity contribution in [1.29, 1.82) is 0 Å². The van der Waals surface area contributed by atoms with Gasteiger partial charge in [0.05, 0.1) is 13.5 Å². The number of furan rings is 1. The van der Waals surface area contributed by atoms with Crippen molar-refractivity contribution in [3.8, 4) is 0 Å². The molecule has 28 heavy (non-hydrogen) atoms. The number of anilines is 2. The van der Waals surface area contributed by atoms with Crippen LogP contribution in [0.5, 0.6) is 0 Å². The molecule has 1 aliphatic rings. The maximum atomic E-state index is 12.1. The van der Waals surface area contributed by atoms with E-state index in [4.69, 9.17) is 4.42 Å². The summed E-state index contributed by atoms with van der Waals surface area (Å²) in [6, 6.07) is 10.7. The van der Waals surface area contributed by atoms with Gasteiger partial charge in [-0.25, -0.2) is 0 Å². The van der Waals surface area contributed by atoms with Crippen molar-refractivity contribution in [2.24, 2.45) is 0 Å². The van der Waals surface area contributed by atoms with Crippen molar-refractivity contribution in [3.05, 3.63) is 54.0 Å². The zero-order valence-electron chi connectivity index (χ0n) is 15.6. The third-order valence-corrected chi connectivity index (χ3v) is 4.40. The van der Waals surface area contributed by atoms with Crippen LogP contribution >= 0.6 is 0 Å². The Morgan fingerprint density at radius 2 is 2.00 bits per heavy atom. The van der Waals surface area contributed by atoms with Crippen molar-refractivity contribution in [2.75, 3.05) is 23.9 Å². The number of carbonyl (C=O) groups is 3. The highest BCUT2D eigenvalue weighted by molar-refractivity contribution is 6.02. The predicted molar refractivity (Wildman–Crippen MR) is 105 cm³/mol. The first kappa shape index (κ1) is 19.4. The Kier molecular flexibility index (Phi) is 6.26. The highest BCUT2D eigenvalue weighted by Crippen LogP contribution is 2.23. The highest BCUT2D eigenvalue weighted by atomic mass is 16.5. The first-order chi connectivity index (χ1) is 13.5. The van der Waals surface area contributed by atoms with Crippen LogP contribution in [0.4, 0.5) is 11.4 Å². The summed E-state index contributed by atoms with van der Waals surface area (Å²) in [5, 5.41) is 2.76. The zero-order valence-corrected chi connectivity index (χ0v) is 15.6. The number of aryl methyl sites for hydroxylation is 1. The van der Waals surface area contributed by atoms with Crippen LogP contribution in [0.1, 0.15) is 30.8 Å². The average molecular weight is 382 g/mol. The molecule has 0 saturated carbocycles. The molecule has 1 aromatic carbocycles. The monoisotopic (exact) mass is 382 g/mol. The molecule has 2 aromatic rings. The SMILES string of the molecule is COC(=O)CCc1ccc(/C=C/C(=O)Nc2ccc(N3CCCC3=O)cc2)o1. The van der Waals surface area contributed by atoms with Crippen molar-refractivity contribution < 1.29 is 23.5 Å². The van der Waals surface area contributed by atoms with E-state index in [1.165, 1.54) is 13.2 Å². The Balaban J connectivity index is 1.51. The van der Waals surface area contributed by atoms with Gasteiger partial charge < -0.3 is 19.4 Å². The summed E-state index contributed by atoms with van der Waals surface area (Å²) in [6.07, 6.45) is 5.08. The standard InChI is InChI=1S/C21H22N2O5/c1-27-21(26)13-11-18-9-8-17(28-18)10-12-19(24)22-15-4-6-16(7-5-15)23-14-2-3-20(23)25/h4-10,12H,2-3,11,13-14H2,1H3,(H,22,24)/b12-10+. The van der Waals surface area contributed by atoms with Crippen LogP contribution in [-0.4, -0.2) is 31.4 Å². The molecule has 1 fully saturated rings. The van der Waals surface area contributed by atoms with E-state index in [0.717, 1.165) is 18.7 Å². The van der Waals surface area contributed by atoms with Gasteiger partial charge in [-0.1, -0.05) is 0 Å². The minimum absolute atomic E-state index is 0.129. The van der Waals surface area contributed by atoms with E-state index in [-0.39, 0.29) is 24.2 Å². The number of carbonyl (C=O) groups excluding carboxylic acids is 3. The third-order valence-electron chi connectivity index (χ3n) is 4.40. The van der Waals surface area contributed by atoms with Gasteiger partial charge in [-0.15, -0.1) is 0 Å². The number of amides is 2. The van der Waals surface area contributed by atoms with E-state index >= 15 is 0 Å². The van der Waals surface area contributed by atoms with Crippen LogP contribution in [0.2, 0.25) is 0 Å². The zero-order chi connectivity index (χ0) is 19.9. The maximum Gasteiger partial charge on any atom is 0.305 e. The number of nitrogens with one attached hydrogen (secondary N) is 1. The van der Waals surface area contributed by atoms with Crippen LogP contribution in [0, 0.1) is 0 Å². The molecule has 0 unspecified atom stereocenters. The van der Waals surface area contributed by atoms with E-state index in [1.807, 2.05) is 12.1 Å². The largest absolute Gasteiger partial charge is 0.469 e. The molecule has 0 radical (unpaired) electrons. The van der Waals surface area contributed by atoms with Crippen LogP contribution in [0.3, 0.4) is 0 Å². The number of esters is 1. The smallest absolute Gasteiger partial charge is 0.305 e. The molecule has 2 amide bonds. The first-order valence-electron chi connectivity index (χ1n) is 9.10. The fraction of sp³-hybridized carbons (Fsp3) is 0.286. The second-order valence-electron chi connectivity index (χ2n) is 6.40. The summed E-state index contributed by atoms with van der Waals surface area (Å²) in [5.41, 5.74) is 1.48. The number of hydrogen-bond acceptors (Lipinski definition) is 5. The average Bonchev–Trinajstić information content (AvgIpc) is 3.34. The van der Waals surface area contributed by atoms with Gasteiger partial charge in [0.15, 0.2) is 0 Å². The fourth-order valence-corrected chi connectivity index (χ4v) is 2.93.